The summed E-state index contributed by atoms with van der Waals surface area (Å²) in [5.41, 5.74) is 0. The second-order valence-corrected chi connectivity index (χ2v) is 23.3. The summed E-state index contributed by atoms with van der Waals surface area (Å²) in [5, 5.41) is 19.4. The fourth-order valence-electron chi connectivity index (χ4n) is 5.51. The van der Waals surface area contributed by atoms with E-state index in [1.54, 1.807) is 40.1 Å². The second kappa shape index (κ2) is 10.5. The van der Waals surface area contributed by atoms with Gasteiger partial charge in [-0.1, -0.05) is 0 Å². The Bertz CT molecular complexity index is 2780. The van der Waals surface area contributed by atoms with Crippen molar-refractivity contribution in [1.82, 2.24) is 0 Å². The van der Waals surface area contributed by atoms with Gasteiger partial charge >= 0.3 is 5.97 Å². The van der Waals surface area contributed by atoms with Crippen molar-refractivity contribution < 1.29 is 9.90 Å². The Labute approximate surface area is 307 Å². The molecule has 10 aromatic rings. The van der Waals surface area contributed by atoms with Crippen molar-refractivity contribution in [3.05, 3.63) is 61.8 Å². The molecule has 0 unspecified atom stereocenters. The minimum Gasteiger partial charge on any atom is -0.477 e. The lowest BCUT2D eigenvalue weighted by molar-refractivity contribution is 0.0702. The van der Waals surface area contributed by atoms with E-state index in [4.69, 9.17) is 0 Å². The van der Waals surface area contributed by atoms with Crippen LogP contribution < -0.4 is 0 Å². The molecule has 0 saturated carbocycles. The van der Waals surface area contributed by atoms with Gasteiger partial charge in [-0.2, -0.15) is 0 Å². The van der Waals surface area contributed by atoms with Crippen LogP contribution in [0.1, 0.15) is 9.67 Å². The monoisotopic (exact) mass is 960 g/mol. The zero-order valence-electron chi connectivity index (χ0n) is 20.7. The predicted molar refractivity (Wildman–Crippen MR) is 214 cm³/mol. The van der Waals surface area contributed by atoms with E-state index in [-0.39, 0.29) is 0 Å². The van der Waals surface area contributed by atoms with Crippen molar-refractivity contribution in [3.8, 4) is 0 Å². The molecule has 2 nitrogen and oxygen atoms in total. The number of carboxylic acids is 1. The van der Waals surface area contributed by atoms with Crippen LogP contribution in [0, 0.1) is 0 Å². The fraction of sp³-hybridized carbons (Fsp3) is 0. The minimum absolute atomic E-state index is 0.405. The van der Waals surface area contributed by atoms with Crippen molar-refractivity contribution in [2.75, 3.05) is 0 Å². The summed E-state index contributed by atoms with van der Waals surface area (Å²) in [5.74, 6) is -0.853. The van der Waals surface area contributed by atoms with Crippen LogP contribution in [0.5, 0.6) is 0 Å². The standard InChI is InChI=1S/C15H4Br2O2S4.C14H4Br2S4/c16-8-1-4-10-11(5-2-9(17)23-13(5)12(4)22-8)20-6-3-7(15(18)19)21-14(6)10;15-8-3-5-10-11(18-7-1-2-17-14(7)10)6-4-9(16)20-13(6)12(5)19-8/h1-3H,(H,18,19);1-4H. The summed E-state index contributed by atoms with van der Waals surface area (Å²) >= 11 is 28.5. The third kappa shape index (κ3) is 4.39. The molecule has 0 aliphatic carbocycles. The van der Waals surface area contributed by atoms with E-state index in [2.05, 4.69) is 99.4 Å². The number of halogens is 4. The molecule has 0 bridgehead atoms. The quantitative estimate of drug-likeness (QED) is 0.178. The van der Waals surface area contributed by atoms with Gasteiger partial charge < -0.3 is 5.11 Å². The predicted octanol–water partition coefficient (Wildman–Crippen LogP) is 15.8. The molecule has 1 N–H and O–H groups in total. The molecule has 212 valence electrons. The summed E-state index contributed by atoms with van der Waals surface area (Å²) in [6.45, 7) is 0. The Balaban J connectivity index is 0.000000122. The number of aromatic carboxylic acids is 1. The number of carboxylic acid groups (broad SMARTS) is 1. The SMILES string of the molecule is Brc1cc2c(s1)c1sc(Br)cc1c1c3sccc3sc21.O=C(O)c1cc2sc3c4cc(Br)sc4c4sc(Br)cc4c3c2s1. The van der Waals surface area contributed by atoms with Gasteiger partial charge in [-0.05, 0) is 105 Å². The van der Waals surface area contributed by atoms with Crippen molar-refractivity contribution in [3.63, 3.8) is 0 Å². The van der Waals surface area contributed by atoms with Crippen LogP contribution in [0.3, 0.4) is 0 Å². The molecule has 0 aliphatic rings. The molecule has 8 heterocycles. The van der Waals surface area contributed by atoms with Crippen molar-refractivity contribution in [2.24, 2.45) is 0 Å². The Kier molecular flexibility index (Phi) is 7.02. The molecule has 0 fully saturated rings. The first-order chi connectivity index (χ1) is 20.7. The average Bonchev–Trinajstić information content (AvgIpc) is 3.74. The second-order valence-electron chi connectivity index (χ2n) is 9.51. The van der Waals surface area contributed by atoms with Gasteiger partial charge in [-0.3, -0.25) is 0 Å². The first-order valence-corrected chi connectivity index (χ1v) is 22.0. The summed E-state index contributed by atoms with van der Waals surface area (Å²) < 4.78 is 17.7. The van der Waals surface area contributed by atoms with E-state index in [0.717, 1.165) is 17.0 Å². The topological polar surface area (TPSA) is 37.3 Å². The van der Waals surface area contributed by atoms with E-state index >= 15 is 0 Å². The highest BCUT2D eigenvalue weighted by molar-refractivity contribution is 9.11. The summed E-state index contributed by atoms with van der Waals surface area (Å²) in [4.78, 5) is 11.7. The van der Waals surface area contributed by atoms with Crippen molar-refractivity contribution in [1.29, 1.82) is 0 Å². The van der Waals surface area contributed by atoms with Crippen LogP contribution in [-0.4, -0.2) is 11.1 Å². The lowest BCUT2D eigenvalue weighted by Crippen LogP contribution is -1.89. The number of benzene rings is 2. The van der Waals surface area contributed by atoms with Crippen LogP contribution in [0.2, 0.25) is 0 Å². The molecule has 0 saturated heterocycles. The highest BCUT2D eigenvalue weighted by Crippen LogP contribution is 2.53. The van der Waals surface area contributed by atoms with Gasteiger partial charge in [0.2, 0.25) is 0 Å². The van der Waals surface area contributed by atoms with Crippen molar-refractivity contribution >= 4 is 240 Å². The van der Waals surface area contributed by atoms with E-state index in [9.17, 15) is 9.90 Å². The molecule has 8 aromatic heterocycles. The van der Waals surface area contributed by atoms with Gasteiger partial charge in [-0.15, -0.1) is 90.7 Å². The van der Waals surface area contributed by atoms with Gasteiger partial charge in [0.05, 0.1) is 43.3 Å². The summed E-state index contributed by atoms with van der Waals surface area (Å²) in [7, 11) is 0. The summed E-state index contributed by atoms with van der Waals surface area (Å²) in [6.07, 6.45) is 0. The first-order valence-electron chi connectivity index (χ1n) is 12.2. The molecular formula is C29H8Br4O2S8. The molecule has 10 rings (SSSR count). The number of hydrogen-bond donors (Lipinski definition) is 1. The highest BCUT2D eigenvalue weighted by atomic mass is 79.9. The summed E-state index contributed by atoms with van der Waals surface area (Å²) in [6, 6.07) is 12.9. The number of hydrogen-bond acceptors (Lipinski definition) is 9. The average molecular weight is 965 g/mol. The Morgan fingerprint density at radius 3 is 1.51 bits per heavy atom. The molecule has 43 heavy (non-hydrogen) atoms. The maximum Gasteiger partial charge on any atom is 0.345 e. The van der Waals surface area contributed by atoms with Crippen molar-refractivity contribution in [2.45, 2.75) is 0 Å². The first kappa shape index (κ1) is 28.7. The molecule has 0 aliphatic heterocycles. The lowest BCUT2D eigenvalue weighted by Gasteiger charge is -1.97. The van der Waals surface area contributed by atoms with E-state index in [1.165, 1.54) is 88.8 Å². The van der Waals surface area contributed by atoms with E-state index < -0.39 is 5.97 Å². The number of thiophene rings is 8. The Morgan fingerprint density at radius 2 is 0.977 bits per heavy atom. The van der Waals surface area contributed by atoms with E-state index in [1.807, 2.05) is 45.3 Å². The normalized spacial score (nSPS) is 12.4. The van der Waals surface area contributed by atoms with Gasteiger partial charge in [-0.25, -0.2) is 4.79 Å². The zero-order chi connectivity index (χ0) is 29.3. The van der Waals surface area contributed by atoms with Crippen LogP contribution >= 0.6 is 154 Å². The van der Waals surface area contributed by atoms with Gasteiger partial charge in [0.15, 0.2) is 0 Å². The van der Waals surface area contributed by atoms with Gasteiger partial charge in [0.25, 0.3) is 0 Å². The highest BCUT2D eigenvalue weighted by Gasteiger charge is 2.21. The van der Waals surface area contributed by atoms with Crippen LogP contribution in [0.15, 0.2) is 56.9 Å². The van der Waals surface area contributed by atoms with Gasteiger partial charge in [0.1, 0.15) is 4.88 Å². The molecule has 0 amide bonds. The number of carbonyl (C=O) groups is 1. The Hall–Kier alpha value is -0.490. The maximum atomic E-state index is 11.3. The molecule has 0 atom stereocenters. The van der Waals surface area contributed by atoms with Crippen LogP contribution in [-0.2, 0) is 0 Å². The van der Waals surface area contributed by atoms with Gasteiger partial charge in [0, 0.05) is 51.1 Å². The fourth-order valence-corrected chi connectivity index (χ4v) is 17.3. The maximum absolute atomic E-state index is 11.3. The zero-order valence-corrected chi connectivity index (χ0v) is 33.6. The molecule has 0 spiro atoms. The lowest BCUT2D eigenvalue weighted by atomic mass is 10.1. The third-order valence-corrected chi connectivity index (χ3v) is 18.7. The third-order valence-electron chi connectivity index (χ3n) is 7.12. The number of fused-ring (bicyclic) bond motifs is 16. The molecular weight excluding hydrogens is 956 g/mol. The van der Waals surface area contributed by atoms with E-state index in [0.29, 0.717) is 4.88 Å². The molecule has 0 radical (unpaired) electrons. The van der Waals surface area contributed by atoms with Crippen LogP contribution in [0.25, 0.3) is 79.3 Å². The largest absolute Gasteiger partial charge is 0.477 e. The number of rotatable bonds is 1. The molecule has 14 heteroatoms. The minimum atomic E-state index is -0.853. The van der Waals surface area contributed by atoms with Crippen LogP contribution in [0.4, 0.5) is 0 Å². The Morgan fingerprint density at radius 1 is 0.512 bits per heavy atom. The smallest absolute Gasteiger partial charge is 0.345 e. The molecule has 2 aromatic carbocycles.